The number of aldehydes is 1. The minimum absolute atomic E-state index is 0.255. The van der Waals surface area contributed by atoms with Gasteiger partial charge in [0, 0.05) is 0 Å². The summed E-state index contributed by atoms with van der Waals surface area (Å²) in [6.45, 7) is 1.95. The molecule has 17 heavy (non-hydrogen) atoms. The Hall–Kier alpha value is -1.06. The topological polar surface area (TPSA) is 43.4 Å². The fourth-order valence-electron chi connectivity index (χ4n) is 1.36. The van der Waals surface area contributed by atoms with Gasteiger partial charge in [-0.05, 0) is 31.0 Å². The van der Waals surface area contributed by atoms with Crippen molar-refractivity contribution in [3.63, 3.8) is 0 Å². The molecule has 0 aliphatic rings. The molecule has 0 saturated carbocycles. The van der Waals surface area contributed by atoms with E-state index in [0.29, 0.717) is 16.3 Å². The molecule has 92 valence electrons. The minimum atomic E-state index is -0.799. The van der Waals surface area contributed by atoms with Crippen molar-refractivity contribution in [1.82, 2.24) is 0 Å². The standard InChI is InChI=1S/C12H12Cl2O3/c1-2-17-12(16)9(7-15)5-8-3-4-10(13)11(14)6-8/h3-4,6-7,9H,2,5H2,1H3. The van der Waals surface area contributed by atoms with Gasteiger partial charge in [0.2, 0.25) is 0 Å². The second kappa shape index (κ2) is 6.62. The van der Waals surface area contributed by atoms with Gasteiger partial charge in [0.15, 0.2) is 0 Å². The second-order valence-electron chi connectivity index (χ2n) is 3.45. The van der Waals surface area contributed by atoms with Crippen LogP contribution < -0.4 is 0 Å². The van der Waals surface area contributed by atoms with Gasteiger partial charge >= 0.3 is 5.97 Å². The van der Waals surface area contributed by atoms with Gasteiger partial charge in [-0.1, -0.05) is 29.3 Å². The summed E-state index contributed by atoms with van der Waals surface area (Å²) in [6, 6.07) is 5.00. The SMILES string of the molecule is CCOC(=O)C(C=O)Cc1ccc(Cl)c(Cl)c1. The lowest BCUT2D eigenvalue weighted by Gasteiger charge is -2.09. The van der Waals surface area contributed by atoms with Crippen LogP contribution in [0, 0.1) is 5.92 Å². The highest BCUT2D eigenvalue weighted by Gasteiger charge is 2.19. The Kier molecular flexibility index (Phi) is 5.45. The molecular formula is C12H12Cl2O3. The molecule has 0 spiro atoms. The highest BCUT2D eigenvalue weighted by Crippen LogP contribution is 2.23. The fourth-order valence-corrected chi connectivity index (χ4v) is 1.68. The molecule has 0 aliphatic heterocycles. The summed E-state index contributed by atoms with van der Waals surface area (Å²) in [5.41, 5.74) is 0.768. The van der Waals surface area contributed by atoms with Gasteiger partial charge in [0.1, 0.15) is 12.2 Å². The molecule has 5 heteroatoms. The second-order valence-corrected chi connectivity index (χ2v) is 4.26. The van der Waals surface area contributed by atoms with Gasteiger partial charge in [-0.25, -0.2) is 0 Å². The number of esters is 1. The minimum Gasteiger partial charge on any atom is -0.465 e. The highest BCUT2D eigenvalue weighted by molar-refractivity contribution is 6.42. The van der Waals surface area contributed by atoms with E-state index in [1.54, 1.807) is 25.1 Å². The zero-order valence-electron chi connectivity index (χ0n) is 9.28. The van der Waals surface area contributed by atoms with Gasteiger partial charge < -0.3 is 9.53 Å². The Balaban J connectivity index is 2.77. The zero-order valence-corrected chi connectivity index (χ0v) is 10.8. The third-order valence-corrected chi connectivity index (χ3v) is 2.93. The van der Waals surface area contributed by atoms with E-state index in [9.17, 15) is 9.59 Å². The van der Waals surface area contributed by atoms with Gasteiger partial charge in [-0.15, -0.1) is 0 Å². The number of carbonyl (C=O) groups excluding carboxylic acids is 2. The van der Waals surface area contributed by atoms with Crippen LogP contribution in [0.1, 0.15) is 12.5 Å². The zero-order chi connectivity index (χ0) is 12.8. The molecule has 1 atom stereocenters. The molecule has 0 N–H and O–H groups in total. The molecule has 1 aromatic rings. The van der Waals surface area contributed by atoms with E-state index in [1.165, 1.54) is 0 Å². The molecule has 3 nitrogen and oxygen atoms in total. The van der Waals surface area contributed by atoms with Crippen LogP contribution >= 0.6 is 23.2 Å². The number of hydrogen-bond donors (Lipinski definition) is 0. The fraction of sp³-hybridized carbons (Fsp3) is 0.333. The van der Waals surface area contributed by atoms with Gasteiger partial charge in [0.25, 0.3) is 0 Å². The number of carbonyl (C=O) groups is 2. The van der Waals surface area contributed by atoms with E-state index in [4.69, 9.17) is 27.9 Å². The molecule has 0 aromatic heterocycles. The lowest BCUT2D eigenvalue weighted by atomic mass is 10.0. The summed E-state index contributed by atoms with van der Waals surface area (Å²) in [5, 5.41) is 0.840. The van der Waals surface area contributed by atoms with E-state index < -0.39 is 11.9 Å². The first-order chi connectivity index (χ1) is 8.08. The molecule has 0 amide bonds. The van der Waals surface area contributed by atoms with Crippen LogP contribution in [0.4, 0.5) is 0 Å². The maximum atomic E-state index is 11.4. The lowest BCUT2D eigenvalue weighted by molar-refractivity contribution is -0.149. The molecule has 0 heterocycles. The third-order valence-electron chi connectivity index (χ3n) is 2.19. The molecule has 1 rings (SSSR count). The molecule has 1 aromatic carbocycles. The van der Waals surface area contributed by atoms with E-state index in [2.05, 4.69) is 0 Å². The van der Waals surface area contributed by atoms with Crippen LogP contribution in [-0.4, -0.2) is 18.9 Å². The molecule has 0 saturated heterocycles. The van der Waals surface area contributed by atoms with E-state index in [0.717, 1.165) is 5.56 Å². The van der Waals surface area contributed by atoms with Crippen LogP contribution in [0.25, 0.3) is 0 Å². The van der Waals surface area contributed by atoms with Gasteiger partial charge in [-0.3, -0.25) is 4.79 Å². The van der Waals surface area contributed by atoms with Crippen LogP contribution in [0.2, 0.25) is 10.0 Å². The average molecular weight is 275 g/mol. The monoisotopic (exact) mass is 274 g/mol. The summed E-state index contributed by atoms with van der Waals surface area (Å²) >= 11 is 11.6. The van der Waals surface area contributed by atoms with Crippen LogP contribution in [-0.2, 0) is 20.7 Å². The Morgan fingerprint density at radius 3 is 2.65 bits per heavy atom. The average Bonchev–Trinajstić information content (AvgIpc) is 2.30. The van der Waals surface area contributed by atoms with Crippen LogP contribution in [0.5, 0.6) is 0 Å². The third kappa shape index (κ3) is 4.02. The van der Waals surface area contributed by atoms with Crippen molar-refractivity contribution in [2.75, 3.05) is 6.61 Å². The summed E-state index contributed by atoms with van der Waals surface area (Å²) in [5.74, 6) is -1.32. The first-order valence-electron chi connectivity index (χ1n) is 5.14. The highest BCUT2D eigenvalue weighted by atomic mass is 35.5. The predicted molar refractivity (Wildman–Crippen MR) is 66.4 cm³/mol. The molecule has 1 unspecified atom stereocenters. The van der Waals surface area contributed by atoms with Crippen molar-refractivity contribution >= 4 is 35.5 Å². The summed E-state index contributed by atoms with van der Waals surface area (Å²) in [4.78, 5) is 22.2. The smallest absolute Gasteiger partial charge is 0.316 e. The van der Waals surface area contributed by atoms with Crippen molar-refractivity contribution in [1.29, 1.82) is 0 Å². The summed E-state index contributed by atoms with van der Waals surface area (Å²) in [7, 11) is 0. The van der Waals surface area contributed by atoms with Crippen molar-refractivity contribution < 1.29 is 14.3 Å². The Morgan fingerprint density at radius 2 is 2.12 bits per heavy atom. The Bertz CT molecular complexity index is 418. The lowest BCUT2D eigenvalue weighted by Crippen LogP contribution is -2.21. The van der Waals surface area contributed by atoms with E-state index >= 15 is 0 Å². The first-order valence-corrected chi connectivity index (χ1v) is 5.90. The Labute approximate surface area is 110 Å². The molecular weight excluding hydrogens is 263 g/mol. The van der Waals surface area contributed by atoms with Crippen molar-refractivity contribution in [3.8, 4) is 0 Å². The summed E-state index contributed by atoms with van der Waals surface area (Å²) in [6.07, 6.45) is 0.847. The number of ether oxygens (including phenoxy) is 1. The Morgan fingerprint density at radius 1 is 1.41 bits per heavy atom. The molecule has 0 radical (unpaired) electrons. The van der Waals surface area contributed by atoms with E-state index in [1.807, 2.05) is 0 Å². The number of hydrogen-bond acceptors (Lipinski definition) is 3. The van der Waals surface area contributed by atoms with Gasteiger partial charge in [-0.2, -0.15) is 0 Å². The largest absolute Gasteiger partial charge is 0.465 e. The van der Waals surface area contributed by atoms with Crippen LogP contribution in [0.3, 0.4) is 0 Å². The molecule has 0 bridgehead atoms. The van der Waals surface area contributed by atoms with Crippen LogP contribution in [0.15, 0.2) is 18.2 Å². The van der Waals surface area contributed by atoms with Crippen molar-refractivity contribution in [2.24, 2.45) is 5.92 Å². The number of halogens is 2. The summed E-state index contributed by atoms with van der Waals surface area (Å²) < 4.78 is 4.79. The van der Waals surface area contributed by atoms with Crippen molar-refractivity contribution in [2.45, 2.75) is 13.3 Å². The first kappa shape index (κ1) is 14.0. The quantitative estimate of drug-likeness (QED) is 0.471. The maximum absolute atomic E-state index is 11.4. The number of benzene rings is 1. The van der Waals surface area contributed by atoms with Gasteiger partial charge in [0.05, 0.1) is 16.7 Å². The predicted octanol–water partition coefficient (Wildman–Crippen LogP) is 2.91. The normalized spacial score (nSPS) is 11.9. The van der Waals surface area contributed by atoms with E-state index in [-0.39, 0.29) is 13.0 Å². The maximum Gasteiger partial charge on any atom is 0.316 e. The molecule has 0 fully saturated rings. The number of rotatable bonds is 5. The van der Waals surface area contributed by atoms with Crippen molar-refractivity contribution in [3.05, 3.63) is 33.8 Å². The molecule has 0 aliphatic carbocycles.